The second-order valence-electron chi connectivity index (χ2n) is 6.27. The molecular formula is C17H23N5O. The molecule has 0 atom stereocenters. The molecule has 2 aromatic rings. The van der Waals surface area contributed by atoms with Crippen molar-refractivity contribution in [2.75, 3.05) is 0 Å². The third-order valence-corrected chi connectivity index (χ3v) is 4.37. The Morgan fingerprint density at radius 1 is 1.22 bits per heavy atom. The van der Waals surface area contributed by atoms with E-state index >= 15 is 0 Å². The fourth-order valence-corrected chi connectivity index (χ4v) is 3.28. The number of pyridine rings is 1. The van der Waals surface area contributed by atoms with E-state index in [0.717, 1.165) is 17.2 Å². The number of hydrogen-bond acceptors (Lipinski definition) is 4. The van der Waals surface area contributed by atoms with Crippen LogP contribution in [0.15, 0.2) is 18.5 Å². The smallest absolute Gasteiger partial charge is 0.251 e. The van der Waals surface area contributed by atoms with Gasteiger partial charge in [-0.3, -0.25) is 9.78 Å². The van der Waals surface area contributed by atoms with E-state index < -0.39 is 0 Å². The van der Waals surface area contributed by atoms with Crippen LogP contribution >= 0.6 is 0 Å². The van der Waals surface area contributed by atoms with Crippen molar-refractivity contribution < 1.29 is 4.79 Å². The van der Waals surface area contributed by atoms with Crippen molar-refractivity contribution in [2.24, 2.45) is 0 Å². The van der Waals surface area contributed by atoms with E-state index in [-0.39, 0.29) is 5.91 Å². The quantitative estimate of drug-likeness (QED) is 0.942. The Balaban J connectivity index is 1.66. The second-order valence-corrected chi connectivity index (χ2v) is 6.27. The molecule has 23 heavy (non-hydrogen) atoms. The van der Waals surface area contributed by atoms with Crippen molar-refractivity contribution in [2.45, 2.75) is 58.5 Å². The van der Waals surface area contributed by atoms with Crippen LogP contribution in [-0.4, -0.2) is 25.7 Å². The Kier molecular flexibility index (Phi) is 4.69. The number of nitrogens with one attached hydrogen (secondary N) is 1. The van der Waals surface area contributed by atoms with Gasteiger partial charge < -0.3 is 9.88 Å². The molecule has 0 aliphatic heterocycles. The number of hydrogen-bond donors (Lipinski definition) is 1. The summed E-state index contributed by atoms with van der Waals surface area (Å²) in [6.07, 6.45) is 7.95. The largest absolute Gasteiger partial charge is 0.345 e. The molecular weight excluding hydrogens is 290 g/mol. The molecule has 0 unspecified atom stereocenters. The van der Waals surface area contributed by atoms with Gasteiger partial charge in [0.15, 0.2) is 5.82 Å². The van der Waals surface area contributed by atoms with Crippen LogP contribution in [0, 0.1) is 13.8 Å². The molecule has 0 radical (unpaired) electrons. The van der Waals surface area contributed by atoms with E-state index in [9.17, 15) is 4.79 Å². The number of rotatable bonds is 4. The lowest BCUT2D eigenvalue weighted by atomic mass is 9.95. The summed E-state index contributed by atoms with van der Waals surface area (Å²) in [5, 5.41) is 11.2. The number of aromatic nitrogens is 4. The Bertz CT molecular complexity index is 668. The van der Waals surface area contributed by atoms with Crippen molar-refractivity contribution in [3.63, 3.8) is 0 Å². The molecule has 1 aliphatic rings. The zero-order chi connectivity index (χ0) is 16.2. The van der Waals surface area contributed by atoms with Gasteiger partial charge in [0, 0.05) is 23.0 Å². The molecule has 1 fully saturated rings. The summed E-state index contributed by atoms with van der Waals surface area (Å²) in [5.74, 6) is 0.726. The average molecular weight is 313 g/mol. The summed E-state index contributed by atoms with van der Waals surface area (Å²) in [6, 6.07) is 4.07. The SMILES string of the molecule is Cc1cc(C(=O)NCc2nncn2C2CCCCC2)cc(C)n1. The van der Waals surface area contributed by atoms with Crippen LogP contribution in [0.2, 0.25) is 0 Å². The molecule has 2 aromatic heterocycles. The fraction of sp³-hybridized carbons (Fsp3) is 0.529. The molecule has 1 amide bonds. The van der Waals surface area contributed by atoms with E-state index in [2.05, 4.69) is 25.1 Å². The summed E-state index contributed by atoms with van der Waals surface area (Å²) >= 11 is 0. The monoisotopic (exact) mass is 313 g/mol. The maximum Gasteiger partial charge on any atom is 0.251 e. The third-order valence-electron chi connectivity index (χ3n) is 4.37. The zero-order valence-electron chi connectivity index (χ0n) is 13.7. The van der Waals surface area contributed by atoms with E-state index in [0.29, 0.717) is 18.2 Å². The van der Waals surface area contributed by atoms with Crippen molar-refractivity contribution in [3.05, 3.63) is 41.2 Å². The van der Waals surface area contributed by atoms with Crippen LogP contribution in [0.25, 0.3) is 0 Å². The lowest BCUT2D eigenvalue weighted by Crippen LogP contribution is -2.26. The van der Waals surface area contributed by atoms with Gasteiger partial charge in [-0.15, -0.1) is 10.2 Å². The van der Waals surface area contributed by atoms with E-state index in [4.69, 9.17) is 0 Å². The van der Waals surface area contributed by atoms with Gasteiger partial charge in [-0.05, 0) is 38.8 Å². The van der Waals surface area contributed by atoms with E-state index in [1.807, 2.05) is 13.8 Å². The topological polar surface area (TPSA) is 72.7 Å². The highest BCUT2D eigenvalue weighted by Crippen LogP contribution is 2.28. The van der Waals surface area contributed by atoms with Gasteiger partial charge in [0.05, 0.1) is 6.54 Å². The third kappa shape index (κ3) is 3.75. The molecule has 0 bridgehead atoms. The summed E-state index contributed by atoms with van der Waals surface area (Å²) < 4.78 is 2.13. The summed E-state index contributed by atoms with van der Waals surface area (Å²) in [4.78, 5) is 16.6. The highest BCUT2D eigenvalue weighted by Gasteiger charge is 2.19. The summed E-state index contributed by atoms with van der Waals surface area (Å²) in [5.41, 5.74) is 2.33. The highest BCUT2D eigenvalue weighted by molar-refractivity contribution is 5.94. The number of carbonyl (C=O) groups is 1. The molecule has 6 nitrogen and oxygen atoms in total. The Morgan fingerprint density at radius 2 is 1.91 bits per heavy atom. The Hall–Kier alpha value is -2.24. The van der Waals surface area contributed by atoms with Gasteiger partial charge >= 0.3 is 0 Å². The standard InChI is InChI=1S/C17H23N5O/c1-12-8-14(9-13(2)20-12)17(23)18-10-16-21-19-11-22(16)15-6-4-3-5-7-15/h8-9,11,15H,3-7,10H2,1-2H3,(H,18,23). The predicted molar refractivity (Wildman–Crippen MR) is 87.0 cm³/mol. The minimum absolute atomic E-state index is 0.100. The Morgan fingerprint density at radius 3 is 2.61 bits per heavy atom. The number of nitrogens with zero attached hydrogens (tertiary/aromatic N) is 4. The average Bonchev–Trinajstić information content (AvgIpc) is 3.01. The van der Waals surface area contributed by atoms with Crippen molar-refractivity contribution in [1.29, 1.82) is 0 Å². The first-order chi connectivity index (χ1) is 11.1. The molecule has 122 valence electrons. The zero-order valence-corrected chi connectivity index (χ0v) is 13.7. The van der Waals surface area contributed by atoms with Gasteiger partial charge in [-0.25, -0.2) is 0 Å². The second kappa shape index (κ2) is 6.89. The lowest BCUT2D eigenvalue weighted by Gasteiger charge is -2.24. The van der Waals surface area contributed by atoms with Gasteiger partial charge in [-0.2, -0.15) is 0 Å². The van der Waals surface area contributed by atoms with Gasteiger partial charge in [-0.1, -0.05) is 19.3 Å². The van der Waals surface area contributed by atoms with Crippen LogP contribution in [0.1, 0.15) is 65.7 Å². The molecule has 3 rings (SSSR count). The fourth-order valence-electron chi connectivity index (χ4n) is 3.28. The van der Waals surface area contributed by atoms with Crippen molar-refractivity contribution >= 4 is 5.91 Å². The lowest BCUT2D eigenvalue weighted by molar-refractivity contribution is 0.0948. The number of aryl methyl sites for hydroxylation is 2. The van der Waals surface area contributed by atoms with Crippen LogP contribution in [-0.2, 0) is 6.54 Å². The van der Waals surface area contributed by atoms with Crippen LogP contribution in [0.3, 0.4) is 0 Å². The summed E-state index contributed by atoms with van der Waals surface area (Å²) in [7, 11) is 0. The van der Waals surface area contributed by atoms with E-state index in [1.54, 1.807) is 18.5 Å². The van der Waals surface area contributed by atoms with Gasteiger partial charge in [0.25, 0.3) is 5.91 Å². The maximum atomic E-state index is 12.3. The predicted octanol–water partition coefficient (Wildman–Crippen LogP) is 2.73. The number of carbonyl (C=O) groups excluding carboxylic acids is 1. The molecule has 0 spiro atoms. The molecule has 0 saturated heterocycles. The minimum atomic E-state index is -0.100. The van der Waals surface area contributed by atoms with E-state index in [1.165, 1.54) is 32.1 Å². The molecule has 1 saturated carbocycles. The van der Waals surface area contributed by atoms with Crippen LogP contribution in [0.4, 0.5) is 0 Å². The molecule has 1 aliphatic carbocycles. The van der Waals surface area contributed by atoms with Gasteiger partial charge in [0.2, 0.25) is 0 Å². The molecule has 1 N–H and O–H groups in total. The van der Waals surface area contributed by atoms with Crippen LogP contribution in [0.5, 0.6) is 0 Å². The molecule has 2 heterocycles. The van der Waals surface area contributed by atoms with Crippen molar-refractivity contribution in [1.82, 2.24) is 25.1 Å². The first kappa shape index (κ1) is 15.6. The molecule has 6 heteroatoms. The normalized spacial score (nSPS) is 15.6. The van der Waals surface area contributed by atoms with Crippen LogP contribution < -0.4 is 5.32 Å². The minimum Gasteiger partial charge on any atom is -0.345 e. The number of amides is 1. The highest BCUT2D eigenvalue weighted by atomic mass is 16.1. The summed E-state index contributed by atoms with van der Waals surface area (Å²) in [6.45, 7) is 4.18. The first-order valence-electron chi connectivity index (χ1n) is 8.25. The molecule has 0 aromatic carbocycles. The first-order valence-corrected chi connectivity index (χ1v) is 8.25. The van der Waals surface area contributed by atoms with Gasteiger partial charge in [0.1, 0.15) is 6.33 Å². The maximum absolute atomic E-state index is 12.3. The van der Waals surface area contributed by atoms with Crippen molar-refractivity contribution in [3.8, 4) is 0 Å². The Labute approximate surface area is 136 Å².